The van der Waals surface area contributed by atoms with Gasteiger partial charge in [0.2, 0.25) is 0 Å². The zero-order chi connectivity index (χ0) is 16.8. The van der Waals surface area contributed by atoms with Crippen LogP contribution in [-0.4, -0.2) is 21.9 Å². The highest BCUT2D eigenvalue weighted by Crippen LogP contribution is 2.20. The largest absolute Gasteiger partial charge is 0.366 e. The van der Waals surface area contributed by atoms with Gasteiger partial charge in [-0.25, -0.2) is 9.97 Å². The summed E-state index contributed by atoms with van der Waals surface area (Å²) in [5.74, 6) is 0.480. The maximum atomic E-state index is 12.2. The Hall–Kier alpha value is -1.95. The Balaban J connectivity index is 1.58. The second-order valence-corrected chi connectivity index (χ2v) is 7.00. The van der Waals surface area contributed by atoms with Crippen LogP contribution in [0.15, 0.2) is 41.1 Å². The van der Waals surface area contributed by atoms with Crippen molar-refractivity contribution in [3.63, 3.8) is 0 Å². The van der Waals surface area contributed by atoms with Crippen molar-refractivity contribution in [3.05, 3.63) is 46.8 Å². The standard InChI is InChI=1S/C18H21BrN4O/c19-13-7-9-15(10-8-13)23-18(24)16-11-21-17(12-20-16)22-14-5-3-1-2-4-6-14/h7-12,14H,1-6H2,(H,21,22)(H,23,24). The summed E-state index contributed by atoms with van der Waals surface area (Å²) in [6.07, 6.45) is 10.7. The van der Waals surface area contributed by atoms with Crippen LogP contribution < -0.4 is 10.6 Å². The lowest BCUT2D eigenvalue weighted by atomic mass is 10.1. The Morgan fingerprint density at radius 2 is 1.71 bits per heavy atom. The third kappa shape index (κ3) is 4.77. The quantitative estimate of drug-likeness (QED) is 0.749. The first-order chi connectivity index (χ1) is 11.7. The molecule has 1 saturated carbocycles. The number of anilines is 2. The molecule has 3 rings (SSSR count). The van der Waals surface area contributed by atoms with E-state index in [0.29, 0.717) is 11.7 Å². The van der Waals surface area contributed by atoms with Crippen LogP contribution in [0.25, 0.3) is 0 Å². The number of amides is 1. The number of hydrogen-bond donors (Lipinski definition) is 2. The summed E-state index contributed by atoms with van der Waals surface area (Å²) in [5, 5.41) is 6.24. The summed E-state index contributed by atoms with van der Waals surface area (Å²) in [6, 6.07) is 7.88. The molecule has 2 N–H and O–H groups in total. The fourth-order valence-corrected chi connectivity index (χ4v) is 3.15. The molecule has 0 spiro atoms. The summed E-state index contributed by atoms with van der Waals surface area (Å²) in [5.41, 5.74) is 1.04. The Kier molecular flexibility index (Phi) is 5.80. The Labute approximate surface area is 150 Å². The SMILES string of the molecule is O=C(Nc1ccc(Br)cc1)c1cnc(NC2CCCCCC2)cn1. The summed E-state index contributed by atoms with van der Waals surface area (Å²) in [7, 11) is 0. The van der Waals surface area contributed by atoms with Gasteiger partial charge in [0.1, 0.15) is 11.5 Å². The second kappa shape index (κ2) is 8.24. The molecule has 5 nitrogen and oxygen atoms in total. The number of hydrogen-bond acceptors (Lipinski definition) is 4. The summed E-state index contributed by atoms with van der Waals surface area (Å²) in [4.78, 5) is 20.8. The van der Waals surface area contributed by atoms with Crippen molar-refractivity contribution in [2.75, 3.05) is 10.6 Å². The Morgan fingerprint density at radius 3 is 2.33 bits per heavy atom. The molecule has 0 radical (unpaired) electrons. The van der Waals surface area contributed by atoms with Gasteiger partial charge in [-0.15, -0.1) is 0 Å². The summed E-state index contributed by atoms with van der Waals surface area (Å²) in [6.45, 7) is 0. The van der Waals surface area contributed by atoms with Gasteiger partial charge < -0.3 is 10.6 Å². The summed E-state index contributed by atoms with van der Waals surface area (Å²) < 4.78 is 0.967. The fourth-order valence-electron chi connectivity index (χ4n) is 2.88. The lowest BCUT2D eigenvalue weighted by molar-refractivity contribution is 0.102. The van der Waals surface area contributed by atoms with Crippen molar-refractivity contribution >= 4 is 33.3 Å². The first kappa shape index (κ1) is 16.9. The van der Waals surface area contributed by atoms with E-state index in [1.807, 2.05) is 24.3 Å². The molecule has 1 amide bonds. The molecule has 1 aliphatic rings. The van der Waals surface area contributed by atoms with Crippen molar-refractivity contribution in [2.24, 2.45) is 0 Å². The van der Waals surface area contributed by atoms with Gasteiger partial charge in [0.05, 0.1) is 12.4 Å². The van der Waals surface area contributed by atoms with Gasteiger partial charge >= 0.3 is 0 Å². The van der Waals surface area contributed by atoms with Gasteiger partial charge in [0, 0.05) is 16.2 Å². The highest BCUT2D eigenvalue weighted by atomic mass is 79.9. The average molecular weight is 389 g/mol. The van der Waals surface area contributed by atoms with Crippen LogP contribution in [-0.2, 0) is 0 Å². The molecule has 1 aromatic heterocycles. The van der Waals surface area contributed by atoms with E-state index in [-0.39, 0.29) is 5.91 Å². The van der Waals surface area contributed by atoms with Crippen LogP contribution in [0.2, 0.25) is 0 Å². The second-order valence-electron chi connectivity index (χ2n) is 6.08. The van der Waals surface area contributed by atoms with Crippen LogP contribution in [0.1, 0.15) is 49.0 Å². The van der Waals surface area contributed by atoms with E-state index >= 15 is 0 Å². The number of aromatic nitrogens is 2. The van der Waals surface area contributed by atoms with E-state index in [9.17, 15) is 4.79 Å². The summed E-state index contributed by atoms with van der Waals surface area (Å²) >= 11 is 3.37. The maximum Gasteiger partial charge on any atom is 0.275 e. The van der Waals surface area contributed by atoms with Crippen LogP contribution >= 0.6 is 15.9 Å². The molecule has 6 heteroatoms. The molecule has 1 heterocycles. The monoisotopic (exact) mass is 388 g/mol. The van der Waals surface area contributed by atoms with Gasteiger partial charge in [-0.2, -0.15) is 0 Å². The topological polar surface area (TPSA) is 66.9 Å². The first-order valence-electron chi connectivity index (χ1n) is 8.36. The predicted octanol–water partition coefficient (Wildman–Crippen LogP) is 4.63. The van der Waals surface area contributed by atoms with Crippen molar-refractivity contribution < 1.29 is 4.79 Å². The zero-order valence-electron chi connectivity index (χ0n) is 13.5. The van der Waals surface area contributed by atoms with Crippen LogP contribution in [0.5, 0.6) is 0 Å². The van der Waals surface area contributed by atoms with Crippen LogP contribution in [0.4, 0.5) is 11.5 Å². The number of nitrogens with one attached hydrogen (secondary N) is 2. The predicted molar refractivity (Wildman–Crippen MR) is 99.2 cm³/mol. The Morgan fingerprint density at radius 1 is 1.00 bits per heavy atom. The lowest BCUT2D eigenvalue weighted by Gasteiger charge is -2.16. The minimum absolute atomic E-state index is 0.258. The van der Waals surface area contributed by atoms with E-state index in [4.69, 9.17) is 0 Å². The van der Waals surface area contributed by atoms with E-state index in [0.717, 1.165) is 16.0 Å². The smallest absolute Gasteiger partial charge is 0.275 e. The molecule has 24 heavy (non-hydrogen) atoms. The van der Waals surface area contributed by atoms with Gasteiger partial charge in [0.25, 0.3) is 5.91 Å². The molecule has 1 aromatic carbocycles. The minimum atomic E-state index is -0.258. The fraction of sp³-hybridized carbons (Fsp3) is 0.389. The van der Waals surface area contributed by atoms with E-state index < -0.39 is 0 Å². The zero-order valence-corrected chi connectivity index (χ0v) is 15.1. The van der Waals surface area contributed by atoms with Gasteiger partial charge in [-0.05, 0) is 37.1 Å². The molecule has 126 valence electrons. The van der Waals surface area contributed by atoms with E-state index in [1.54, 1.807) is 6.20 Å². The first-order valence-corrected chi connectivity index (χ1v) is 9.15. The number of benzene rings is 1. The highest BCUT2D eigenvalue weighted by Gasteiger charge is 2.13. The minimum Gasteiger partial charge on any atom is -0.366 e. The van der Waals surface area contributed by atoms with Crippen molar-refractivity contribution in [1.29, 1.82) is 0 Å². The van der Waals surface area contributed by atoms with Gasteiger partial charge in [-0.3, -0.25) is 4.79 Å². The number of carbonyl (C=O) groups excluding carboxylic acids is 1. The third-order valence-corrected chi connectivity index (χ3v) is 4.72. The molecule has 0 saturated heterocycles. The molecule has 1 fully saturated rings. The van der Waals surface area contributed by atoms with Crippen LogP contribution in [0.3, 0.4) is 0 Å². The van der Waals surface area contributed by atoms with E-state index in [2.05, 4.69) is 36.5 Å². The Bertz CT molecular complexity index is 664. The molecular formula is C18H21BrN4O. The normalized spacial score (nSPS) is 15.5. The number of rotatable bonds is 4. The van der Waals surface area contributed by atoms with E-state index in [1.165, 1.54) is 44.7 Å². The third-order valence-electron chi connectivity index (χ3n) is 4.19. The molecular weight excluding hydrogens is 368 g/mol. The molecule has 0 atom stereocenters. The lowest BCUT2D eigenvalue weighted by Crippen LogP contribution is -2.20. The number of carbonyl (C=O) groups is 1. The molecule has 2 aromatic rings. The van der Waals surface area contributed by atoms with Crippen molar-refractivity contribution in [2.45, 2.75) is 44.6 Å². The average Bonchev–Trinajstić information content (AvgIpc) is 2.86. The number of halogens is 1. The maximum absolute atomic E-state index is 12.2. The van der Waals surface area contributed by atoms with Gasteiger partial charge in [0.15, 0.2) is 0 Å². The van der Waals surface area contributed by atoms with Crippen molar-refractivity contribution in [3.8, 4) is 0 Å². The molecule has 0 aliphatic heterocycles. The molecule has 1 aliphatic carbocycles. The van der Waals surface area contributed by atoms with Crippen LogP contribution in [0, 0.1) is 0 Å². The highest BCUT2D eigenvalue weighted by molar-refractivity contribution is 9.10. The molecule has 0 unspecified atom stereocenters. The molecule has 0 bridgehead atoms. The van der Waals surface area contributed by atoms with Crippen molar-refractivity contribution in [1.82, 2.24) is 9.97 Å². The van der Waals surface area contributed by atoms with Gasteiger partial charge in [-0.1, -0.05) is 41.6 Å². The number of nitrogens with zero attached hydrogens (tertiary/aromatic N) is 2.